The molecule has 132 valence electrons. The van der Waals surface area contributed by atoms with E-state index in [9.17, 15) is 9.59 Å². The highest BCUT2D eigenvalue weighted by molar-refractivity contribution is 7.16. The first-order valence-electron chi connectivity index (χ1n) is 8.41. The second-order valence-electron chi connectivity index (χ2n) is 6.21. The monoisotopic (exact) mass is 376 g/mol. The van der Waals surface area contributed by atoms with Crippen LogP contribution in [0.3, 0.4) is 0 Å². The predicted octanol–water partition coefficient (Wildman–Crippen LogP) is 4.44. The second kappa shape index (κ2) is 7.58. The number of carbonyl (C=O) groups is 2. The number of benzene rings is 1. The quantitative estimate of drug-likeness (QED) is 0.747. The number of nitrogens with zero attached hydrogens (tertiary/aromatic N) is 2. The fourth-order valence-electron chi connectivity index (χ4n) is 2.79. The van der Waals surface area contributed by atoms with Crippen molar-refractivity contribution >= 4 is 40.4 Å². The molecule has 1 aromatic heterocycles. The van der Waals surface area contributed by atoms with Gasteiger partial charge in [0.05, 0.1) is 22.1 Å². The first-order valence-corrected chi connectivity index (χ1v) is 9.60. The van der Waals surface area contributed by atoms with E-state index in [2.05, 4.69) is 0 Å². The maximum absolute atomic E-state index is 13.1. The molecule has 1 fully saturated rings. The Labute approximate surface area is 157 Å². The maximum atomic E-state index is 13.1. The SMILES string of the molecule is CCN(Cc1ccc(Cl)s1)C(=O)c1ccccc1N(C)C(=O)C1CC1. The molecule has 1 aromatic carbocycles. The zero-order valence-electron chi connectivity index (χ0n) is 14.4. The average Bonchev–Trinajstić information content (AvgIpc) is 3.40. The van der Waals surface area contributed by atoms with Crippen LogP contribution in [0.1, 0.15) is 35.0 Å². The van der Waals surface area contributed by atoms with Crippen LogP contribution in [0, 0.1) is 5.92 Å². The highest BCUT2D eigenvalue weighted by Crippen LogP contribution is 2.33. The topological polar surface area (TPSA) is 40.6 Å². The van der Waals surface area contributed by atoms with E-state index >= 15 is 0 Å². The van der Waals surface area contributed by atoms with E-state index < -0.39 is 0 Å². The van der Waals surface area contributed by atoms with Gasteiger partial charge < -0.3 is 9.80 Å². The smallest absolute Gasteiger partial charge is 0.256 e. The van der Waals surface area contributed by atoms with Crippen LogP contribution in [0.4, 0.5) is 5.69 Å². The van der Waals surface area contributed by atoms with Crippen LogP contribution < -0.4 is 4.90 Å². The third-order valence-electron chi connectivity index (χ3n) is 4.40. The van der Waals surface area contributed by atoms with E-state index in [1.54, 1.807) is 22.9 Å². The molecule has 1 aliphatic rings. The number of thiophene rings is 1. The minimum absolute atomic E-state index is 0.0712. The van der Waals surface area contributed by atoms with Gasteiger partial charge in [0.25, 0.3) is 5.91 Å². The molecular formula is C19H21ClN2O2S. The van der Waals surface area contributed by atoms with Gasteiger partial charge in [-0.1, -0.05) is 23.7 Å². The Balaban J connectivity index is 1.83. The van der Waals surface area contributed by atoms with Crippen LogP contribution in [-0.2, 0) is 11.3 Å². The number of halogens is 1. The molecule has 0 saturated heterocycles. The van der Waals surface area contributed by atoms with Crippen molar-refractivity contribution in [3.63, 3.8) is 0 Å². The maximum Gasteiger partial charge on any atom is 0.256 e. The molecule has 6 heteroatoms. The molecule has 25 heavy (non-hydrogen) atoms. The summed E-state index contributed by atoms with van der Waals surface area (Å²) in [7, 11) is 1.75. The second-order valence-corrected chi connectivity index (χ2v) is 8.01. The fourth-order valence-corrected chi connectivity index (χ4v) is 3.90. The Hall–Kier alpha value is -1.85. The van der Waals surface area contributed by atoms with Crippen molar-refractivity contribution < 1.29 is 9.59 Å². The van der Waals surface area contributed by atoms with Crippen molar-refractivity contribution in [2.45, 2.75) is 26.3 Å². The summed E-state index contributed by atoms with van der Waals surface area (Å²) in [6.45, 7) is 3.05. The summed E-state index contributed by atoms with van der Waals surface area (Å²) < 4.78 is 0.716. The van der Waals surface area contributed by atoms with Crippen LogP contribution in [0.15, 0.2) is 36.4 Å². The zero-order valence-corrected chi connectivity index (χ0v) is 15.9. The van der Waals surface area contributed by atoms with E-state index in [0.717, 1.165) is 17.7 Å². The van der Waals surface area contributed by atoms with Crippen molar-refractivity contribution in [2.75, 3.05) is 18.5 Å². The van der Waals surface area contributed by atoms with Crippen molar-refractivity contribution in [3.8, 4) is 0 Å². The molecule has 4 nitrogen and oxygen atoms in total. The molecule has 1 heterocycles. The normalized spacial score (nSPS) is 13.6. The van der Waals surface area contributed by atoms with Gasteiger partial charge in [0.15, 0.2) is 0 Å². The third-order valence-corrected chi connectivity index (χ3v) is 5.61. The third kappa shape index (κ3) is 4.05. The Bertz CT molecular complexity index is 785. The van der Waals surface area contributed by atoms with Crippen molar-refractivity contribution in [2.24, 2.45) is 5.92 Å². The minimum Gasteiger partial charge on any atom is -0.334 e. The van der Waals surface area contributed by atoms with Crippen molar-refractivity contribution in [1.29, 1.82) is 0 Å². The molecule has 1 aliphatic carbocycles. The van der Waals surface area contributed by atoms with E-state index in [1.807, 2.05) is 37.3 Å². The molecule has 2 aromatic rings. The van der Waals surface area contributed by atoms with Crippen molar-refractivity contribution in [1.82, 2.24) is 4.90 Å². The summed E-state index contributed by atoms with van der Waals surface area (Å²) in [5, 5.41) is 0. The van der Waals surface area contributed by atoms with Crippen LogP contribution >= 0.6 is 22.9 Å². The van der Waals surface area contributed by atoms with Gasteiger partial charge in [-0.2, -0.15) is 0 Å². The highest BCUT2D eigenvalue weighted by atomic mass is 35.5. The fraction of sp³-hybridized carbons (Fsp3) is 0.368. The summed E-state index contributed by atoms with van der Waals surface area (Å²) >= 11 is 7.47. The molecule has 2 amide bonds. The molecule has 0 unspecified atom stereocenters. The van der Waals surface area contributed by atoms with Crippen LogP contribution in [-0.4, -0.2) is 30.3 Å². The number of amides is 2. The van der Waals surface area contributed by atoms with Gasteiger partial charge in [-0.3, -0.25) is 9.59 Å². The molecule has 0 radical (unpaired) electrons. The summed E-state index contributed by atoms with van der Waals surface area (Å²) in [6.07, 6.45) is 1.89. The minimum atomic E-state index is -0.0712. The molecule has 0 N–H and O–H groups in total. The molecule has 0 bridgehead atoms. The lowest BCUT2D eigenvalue weighted by molar-refractivity contribution is -0.119. The summed E-state index contributed by atoms with van der Waals surface area (Å²) in [4.78, 5) is 29.9. The van der Waals surface area contributed by atoms with Gasteiger partial charge in [0, 0.05) is 24.4 Å². The number of hydrogen-bond donors (Lipinski definition) is 0. The summed E-state index contributed by atoms with van der Waals surface area (Å²) in [5.74, 6) is 0.134. The van der Waals surface area contributed by atoms with E-state index in [1.165, 1.54) is 11.3 Å². The number of rotatable bonds is 6. The van der Waals surface area contributed by atoms with Gasteiger partial charge >= 0.3 is 0 Å². The Morgan fingerprint density at radius 2 is 1.92 bits per heavy atom. The van der Waals surface area contributed by atoms with E-state index in [-0.39, 0.29) is 17.7 Å². The van der Waals surface area contributed by atoms with Crippen LogP contribution in [0.25, 0.3) is 0 Å². The lowest BCUT2D eigenvalue weighted by atomic mass is 10.1. The number of anilines is 1. The van der Waals surface area contributed by atoms with E-state index in [4.69, 9.17) is 11.6 Å². The first kappa shape index (κ1) is 18.0. The van der Waals surface area contributed by atoms with E-state index in [0.29, 0.717) is 28.7 Å². The standard InChI is InChI=1S/C19H21ClN2O2S/c1-3-22(12-14-10-11-17(20)25-14)19(24)15-6-4-5-7-16(15)21(2)18(23)13-8-9-13/h4-7,10-11,13H,3,8-9,12H2,1-2H3. The number of hydrogen-bond acceptors (Lipinski definition) is 3. The summed E-state index contributed by atoms with van der Waals surface area (Å²) in [5.41, 5.74) is 1.23. The Morgan fingerprint density at radius 1 is 1.20 bits per heavy atom. The van der Waals surface area contributed by atoms with Gasteiger partial charge in [0.2, 0.25) is 5.91 Å². The van der Waals surface area contributed by atoms with Crippen LogP contribution in [0.2, 0.25) is 4.34 Å². The summed E-state index contributed by atoms with van der Waals surface area (Å²) in [6, 6.07) is 11.1. The average molecular weight is 377 g/mol. The van der Waals surface area contributed by atoms with Gasteiger partial charge in [-0.15, -0.1) is 11.3 Å². The molecule has 0 atom stereocenters. The first-order chi connectivity index (χ1) is 12.0. The largest absolute Gasteiger partial charge is 0.334 e. The Morgan fingerprint density at radius 3 is 2.52 bits per heavy atom. The number of para-hydroxylation sites is 1. The lowest BCUT2D eigenvalue weighted by Crippen LogP contribution is -2.34. The van der Waals surface area contributed by atoms with Crippen molar-refractivity contribution in [3.05, 3.63) is 51.2 Å². The van der Waals surface area contributed by atoms with Crippen LogP contribution in [0.5, 0.6) is 0 Å². The predicted molar refractivity (Wildman–Crippen MR) is 102 cm³/mol. The number of carbonyl (C=O) groups excluding carboxylic acids is 2. The lowest BCUT2D eigenvalue weighted by Gasteiger charge is -2.25. The zero-order chi connectivity index (χ0) is 18.0. The molecule has 0 aliphatic heterocycles. The molecular weight excluding hydrogens is 356 g/mol. The van der Waals surface area contributed by atoms with Gasteiger partial charge in [-0.25, -0.2) is 0 Å². The Kier molecular flexibility index (Phi) is 5.45. The molecule has 0 spiro atoms. The highest BCUT2D eigenvalue weighted by Gasteiger charge is 2.33. The molecule has 3 rings (SSSR count). The van der Waals surface area contributed by atoms with Gasteiger partial charge in [0.1, 0.15) is 0 Å². The molecule has 1 saturated carbocycles. The van der Waals surface area contributed by atoms with Gasteiger partial charge in [-0.05, 0) is 44.0 Å².